The molecule has 3 aromatic rings. The summed E-state index contributed by atoms with van der Waals surface area (Å²) in [4.78, 5) is 38.8. The van der Waals surface area contributed by atoms with E-state index in [0.29, 0.717) is 48.9 Å². The summed E-state index contributed by atoms with van der Waals surface area (Å²) in [5.41, 5.74) is 1.01. The monoisotopic (exact) mass is 591 g/mol. The smallest absolute Gasteiger partial charge is 0.323 e. The van der Waals surface area contributed by atoms with E-state index in [1.54, 1.807) is 44.3 Å². The highest BCUT2D eigenvalue weighted by Gasteiger charge is 2.26. The Morgan fingerprint density at radius 2 is 1.72 bits per heavy atom. The molecule has 0 spiro atoms. The molecular formula is C34H42FN3O5. The van der Waals surface area contributed by atoms with E-state index in [1.807, 2.05) is 0 Å². The minimum atomic E-state index is -0.610. The molecule has 8 nitrogen and oxygen atoms in total. The van der Waals surface area contributed by atoms with Crippen LogP contribution in [0.1, 0.15) is 73.9 Å². The maximum absolute atomic E-state index is 14.6. The van der Waals surface area contributed by atoms with Crippen molar-refractivity contribution in [1.29, 1.82) is 0 Å². The van der Waals surface area contributed by atoms with Crippen LogP contribution in [0.5, 0.6) is 5.75 Å². The van der Waals surface area contributed by atoms with Gasteiger partial charge in [0.25, 0.3) is 5.56 Å². The van der Waals surface area contributed by atoms with Crippen molar-refractivity contribution in [1.82, 2.24) is 9.88 Å². The fraction of sp³-hybridized carbons (Fsp3) is 0.441. The molecule has 1 atom stereocenters. The van der Waals surface area contributed by atoms with Gasteiger partial charge >= 0.3 is 5.97 Å². The van der Waals surface area contributed by atoms with Crippen LogP contribution in [0.3, 0.4) is 0 Å². The number of aryl methyl sites for hydroxylation is 1. The van der Waals surface area contributed by atoms with E-state index in [2.05, 4.69) is 24.5 Å². The number of ketones is 1. The summed E-state index contributed by atoms with van der Waals surface area (Å²) in [5.74, 6) is -0.0479. The third kappa shape index (κ3) is 8.32. The van der Waals surface area contributed by atoms with Crippen LogP contribution in [0.4, 0.5) is 10.2 Å². The maximum Gasteiger partial charge on any atom is 0.323 e. The van der Waals surface area contributed by atoms with Crippen molar-refractivity contribution in [2.75, 3.05) is 25.5 Å². The van der Waals surface area contributed by atoms with Gasteiger partial charge in [-0.2, -0.15) is 0 Å². The van der Waals surface area contributed by atoms with E-state index in [4.69, 9.17) is 9.47 Å². The van der Waals surface area contributed by atoms with Crippen LogP contribution in [0.15, 0.2) is 59.4 Å². The van der Waals surface area contributed by atoms with Crippen molar-refractivity contribution in [3.05, 3.63) is 87.5 Å². The minimum absolute atomic E-state index is 0.0504. The van der Waals surface area contributed by atoms with Crippen LogP contribution in [-0.4, -0.2) is 48.7 Å². The molecule has 1 aliphatic rings. The van der Waals surface area contributed by atoms with Gasteiger partial charge in [0.05, 0.1) is 23.4 Å². The fourth-order valence-corrected chi connectivity index (χ4v) is 5.39. The highest BCUT2D eigenvalue weighted by atomic mass is 19.1. The lowest BCUT2D eigenvalue weighted by Gasteiger charge is -2.21. The predicted octanol–water partition coefficient (Wildman–Crippen LogP) is 5.82. The van der Waals surface area contributed by atoms with Gasteiger partial charge < -0.3 is 20.1 Å². The first kappa shape index (κ1) is 31.9. The number of anilines is 1. The number of hydrogen-bond donors (Lipinski definition) is 2. The molecule has 1 heterocycles. The number of carbonyl (C=O) groups is 2. The number of hydrogen-bond acceptors (Lipinski definition) is 7. The summed E-state index contributed by atoms with van der Waals surface area (Å²) < 4.78 is 27.6. The second-order valence-electron chi connectivity index (χ2n) is 11.5. The number of pyridine rings is 1. The number of esters is 1. The molecule has 0 radical (unpaired) electrons. The highest BCUT2D eigenvalue weighted by Crippen LogP contribution is 2.25. The maximum atomic E-state index is 14.6. The van der Waals surface area contributed by atoms with Crippen molar-refractivity contribution < 1.29 is 23.5 Å². The molecular weight excluding hydrogens is 549 g/mol. The molecule has 1 aromatic heterocycles. The first-order valence-corrected chi connectivity index (χ1v) is 15.1. The lowest BCUT2D eigenvalue weighted by atomic mass is 10.0. The molecule has 4 rings (SSSR count). The zero-order chi connectivity index (χ0) is 30.9. The highest BCUT2D eigenvalue weighted by molar-refractivity contribution is 6.12. The summed E-state index contributed by atoms with van der Waals surface area (Å²) in [5, 5.41) is 6.29. The number of ether oxygens (including phenoxy) is 2. The molecule has 0 saturated heterocycles. The van der Waals surface area contributed by atoms with Crippen LogP contribution in [-0.2, 0) is 9.53 Å². The van der Waals surface area contributed by atoms with Gasteiger partial charge in [-0.15, -0.1) is 0 Å². The largest absolute Gasteiger partial charge is 0.494 e. The fourth-order valence-electron chi connectivity index (χ4n) is 5.39. The van der Waals surface area contributed by atoms with E-state index in [0.717, 1.165) is 25.7 Å². The zero-order valence-corrected chi connectivity index (χ0v) is 25.5. The molecule has 1 aliphatic carbocycles. The van der Waals surface area contributed by atoms with Crippen molar-refractivity contribution in [2.45, 2.75) is 71.4 Å². The lowest BCUT2D eigenvalue weighted by molar-refractivity contribution is -0.151. The lowest BCUT2D eigenvalue weighted by Crippen LogP contribution is -2.41. The molecule has 43 heavy (non-hydrogen) atoms. The molecule has 1 saturated carbocycles. The first-order chi connectivity index (χ1) is 20.7. The Balaban J connectivity index is 1.37. The van der Waals surface area contributed by atoms with Crippen LogP contribution in [0.2, 0.25) is 0 Å². The molecule has 0 unspecified atom stereocenters. The molecule has 0 bridgehead atoms. The van der Waals surface area contributed by atoms with E-state index in [-0.39, 0.29) is 40.6 Å². The van der Waals surface area contributed by atoms with Gasteiger partial charge in [0.2, 0.25) is 0 Å². The van der Waals surface area contributed by atoms with Crippen LogP contribution >= 0.6 is 0 Å². The SMILES string of the molecule is CNc1c(C(=O)c2ccc(C)cc2F)ccc(=O)n1-c1ccc(OCCCN[C@@H](CC(C)C)C(=O)OC2CCCC2)cc1. The first-order valence-electron chi connectivity index (χ1n) is 15.1. The quantitative estimate of drug-likeness (QED) is 0.139. The van der Waals surface area contributed by atoms with E-state index >= 15 is 0 Å². The average Bonchev–Trinajstić information content (AvgIpc) is 3.49. The van der Waals surface area contributed by atoms with Gasteiger partial charge in [-0.3, -0.25) is 19.0 Å². The van der Waals surface area contributed by atoms with E-state index in [1.165, 1.54) is 28.8 Å². The topological polar surface area (TPSA) is 98.7 Å². The second-order valence-corrected chi connectivity index (χ2v) is 11.5. The molecule has 2 aromatic carbocycles. The summed E-state index contributed by atoms with van der Waals surface area (Å²) in [6.45, 7) is 6.98. The Kier molecular flexibility index (Phi) is 11.1. The third-order valence-corrected chi connectivity index (χ3v) is 7.59. The number of aromatic nitrogens is 1. The Hall–Kier alpha value is -3.98. The Morgan fingerprint density at radius 1 is 1.02 bits per heavy atom. The van der Waals surface area contributed by atoms with E-state index < -0.39 is 11.6 Å². The molecule has 0 amide bonds. The van der Waals surface area contributed by atoms with Crippen LogP contribution in [0, 0.1) is 18.7 Å². The normalized spacial score (nSPS) is 14.1. The van der Waals surface area contributed by atoms with Gasteiger partial charge in [0, 0.05) is 13.1 Å². The number of nitrogens with zero attached hydrogens (tertiary/aromatic N) is 1. The molecule has 1 fully saturated rings. The van der Waals surface area contributed by atoms with Gasteiger partial charge in [-0.05, 0) is 106 Å². The summed E-state index contributed by atoms with van der Waals surface area (Å²) in [6.07, 6.45) is 5.60. The number of nitrogens with one attached hydrogen (secondary N) is 2. The van der Waals surface area contributed by atoms with Crippen molar-refractivity contribution in [2.24, 2.45) is 5.92 Å². The van der Waals surface area contributed by atoms with Gasteiger partial charge in [0.1, 0.15) is 29.5 Å². The predicted molar refractivity (Wildman–Crippen MR) is 166 cm³/mol. The second kappa shape index (κ2) is 15.0. The third-order valence-electron chi connectivity index (χ3n) is 7.59. The Bertz CT molecular complexity index is 1460. The van der Waals surface area contributed by atoms with E-state index in [9.17, 15) is 18.8 Å². The van der Waals surface area contributed by atoms with Gasteiger partial charge in [0.15, 0.2) is 5.78 Å². The van der Waals surface area contributed by atoms with Crippen LogP contribution < -0.4 is 20.9 Å². The van der Waals surface area contributed by atoms with Gasteiger partial charge in [-0.25, -0.2) is 4.39 Å². The molecule has 0 aliphatic heterocycles. The van der Waals surface area contributed by atoms with Crippen molar-refractivity contribution >= 4 is 17.6 Å². The van der Waals surface area contributed by atoms with Crippen molar-refractivity contribution in [3.63, 3.8) is 0 Å². The average molecular weight is 592 g/mol. The van der Waals surface area contributed by atoms with Crippen LogP contribution in [0.25, 0.3) is 5.69 Å². The molecule has 2 N–H and O–H groups in total. The number of benzene rings is 2. The standard InChI is InChI=1S/C34H42FN3O5/c1-22(2)20-30(34(41)43-26-8-5-6-9-26)37-18-7-19-42-25-13-11-24(12-14-25)38-31(39)17-16-28(33(38)36-4)32(40)27-15-10-23(3)21-29(27)35/h10-17,21-22,26,30,36-37H,5-9,18-20H2,1-4H3/t30-/m0/s1. The number of halogens is 1. The van der Waals surface area contributed by atoms with Crippen molar-refractivity contribution in [3.8, 4) is 11.4 Å². The Morgan fingerprint density at radius 3 is 2.37 bits per heavy atom. The summed E-state index contributed by atoms with van der Waals surface area (Å²) >= 11 is 0. The molecule has 9 heteroatoms. The number of carbonyl (C=O) groups excluding carboxylic acids is 2. The summed E-state index contributed by atoms with van der Waals surface area (Å²) in [7, 11) is 1.61. The summed E-state index contributed by atoms with van der Waals surface area (Å²) in [6, 6.07) is 13.8. The molecule has 230 valence electrons. The number of rotatable bonds is 14. The Labute approximate surface area is 252 Å². The van der Waals surface area contributed by atoms with Gasteiger partial charge in [-0.1, -0.05) is 19.9 Å². The zero-order valence-electron chi connectivity index (χ0n) is 25.5. The minimum Gasteiger partial charge on any atom is -0.494 e.